The molecule has 34 heavy (non-hydrogen) atoms. The summed E-state index contributed by atoms with van der Waals surface area (Å²) >= 11 is 0. The van der Waals surface area contributed by atoms with Crippen molar-refractivity contribution in [2.24, 2.45) is 5.73 Å². The Bertz CT molecular complexity index is 1440. The molecular weight excluding hydrogens is 447 g/mol. The molecule has 2 heterocycles. The van der Waals surface area contributed by atoms with E-state index in [1.807, 2.05) is 0 Å². The standard InChI is InChI=1S/C24H18F3N5O2/c1-13-9-14(22-30-12-16-10-17(24(25,26)27)4-5-18(16)31-22)3-6-20(13)32(2)23(34)15-7-8-29-19(11-15)21(28)33/h3-12H,1-2H3,(H2,28,33). The summed E-state index contributed by atoms with van der Waals surface area (Å²) in [7, 11) is 1.60. The van der Waals surface area contributed by atoms with Gasteiger partial charge in [-0.15, -0.1) is 0 Å². The SMILES string of the molecule is Cc1cc(-c2ncc3cc(C(F)(F)F)ccc3n2)ccc1N(C)C(=O)c1ccnc(C(N)=O)c1. The summed E-state index contributed by atoms with van der Waals surface area (Å²) in [5.74, 6) is -0.748. The fourth-order valence-corrected chi connectivity index (χ4v) is 3.52. The smallest absolute Gasteiger partial charge is 0.364 e. The number of carbonyl (C=O) groups is 2. The van der Waals surface area contributed by atoms with Gasteiger partial charge in [-0.05, 0) is 61.0 Å². The summed E-state index contributed by atoms with van der Waals surface area (Å²) in [5.41, 5.74) is 7.10. The third-order valence-electron chi connectivity index (χ3n) is 5.29. The van der Waals surface area contributed by atoms with Crippen molar-refractivity contribution in [3.05, 3.63) is 83.3 Å². The maximum absolute atomic E-state index is 12.9. The Labute approximate surface area is 192 Å². The van der Waals surface area contributed by atoms with Crippen LogP contribution in [0.3, 0.4) is 0 Å². The number of alkyl halides is 3. The number of nitrogens with zero attached hydrogens (tertiary/aromatic N) is 4. The van der Waals surface area contributed by atoms with Crippen molar-refractivity contribution in [3.63, 3.8) is 0 Å². The Morgan fingerprint density at radius 2 is 1.76 bits per heavy atom. The van der Waals surface area contributed by atoms with Crippen LogP contribution < -0.4 is 10.6 Å². The zero-order valence-electron chi connectivity index (χ0n) is 18.1. The second-order valence-electron chi connectivity index (χ2n) is 7.62. The van der Waals surface area contributed by atoms with E-state index in [4.69, 9.17) is 5.73 Å². The monoisotopic (exact) mass is 465 g/mol. The third-order valence-corrected chi connectivity index (χ3v) is 5.29. The molecule has 2 aromatic carbocycles. The van der Waals surface area contributed by atoms with Gasteiger partial charge in [0.05, 0.1) is 11.1 Å². The minimum atomic E-state index is -4.44. The number of anilines is 1. The number of benzene rings is 2. The maximum Gasteiger partial charge on any atom is 0.416 e. The van der Waals surface area contributed by atoms with Crippen LogP contribution in [0.25, 0.3) is 22.3 Å². The van der Waals surface area contributed by atoms with Crippen molar-refractivity contribution in [2.45, 2.75) is 13.1 Å². The first-order chi connectivity index (χ1) is 16.0. The second kappa shape index (κ2) is 8.54. The van der Waals surface area contributed by atoms with Crippen molar-refractivity contribution in [2.75, 3.05) is 11.9 Å². The van der Waals surface area contributed by atoms with E-state index in [1.54, 1.807) is 32.2 Å². The van der Waals surface area contributed by atoms with E-state index < -0.39 is 17.6 Å². The van der Waals surface area contributed by atoms with Gasteiger partial charge >= 0.3 is 6.18 Å². The molecule has 10 heteroatoms. The second-order valence-corrected chi connectivity index (χ2v) is 7.62. The number of hydrogen-bond acceptors (Lipinski definition) is 5. The first kappa shape index (κ1) is 22.8. The summed E-state index contributed by atoms with van der Waals surface area (Å²) < 4.78 is 38.8. The van der Waals surface area contributed by atoms with Gasteiger partial charge in [0.1, 0.15) is 5.69 Å². The predicted molar refractivity (Wildman–Crippen MR) is 120 cm³/mol. The summed E-state index contributed by atoms with van der Waals surface area (Å²) in [4.78, 5) is 38.1. The number of aryl methyl sites for hydroxylation is 1. The van der Waals surface area contributed by atoms with Gasteiger partial charge < -0.3 is 10.6 Å². The topological polar surface area (TPSA) is 102 Å². The molecule has 0 fully saturated rings. The lowest BCUT2D eigenvalue weighted by molar-refractivity contribution is -0.137. The fourth-order valence-electron chi connectivity index (χ4n) is 3.52. The molecule has 0 aliphatic heterocycles. The van der Waals surface area contributed by atoms with Gasteiger partial charge in [-0.1, -0.05) is 0 Å². The molecule has 172 valence electrons. The van der Waals surface area contributed by atoms with Crippen molar-refractivity contribution in [1.82, 2.24) is 15.0 Å². The quantitative estimate of drug-likeness (QED) is 0.482. The molecule has 0 spiro atoms. The number of aromatic nitrogens is 3. The number of fused-ring (bicyclic) bond motifs is 1. The van der Waals surface area contributed by atoms with E-state index >= 15 is 0 Å². The molecule has 7 nitrogen and oxygen atoms in total. The van der Waals surface area contributed by atoms with Crippen LogP contribution in [0.15, 0.2) is 60.9 Å². The summed E-state index contributed by atoms with van der Waals surface area (Å²) in [5, 5.41) is 0.282. The van der Waals surface area contributed by atoms with Gasteiger partial charge in [0, 0.05) is 41.6 Å². The molecule has 2 aromatic heterocycles. The number of halogens is 3. The van der Waals surface area contributed by atoms with Crippen molar-refractivity contribution in [3.8, 4) is 11.4 Å². The number of nitrogens with two attached hydrogens (primary N) is 1. The van der Waals surface area contributed by atoms with Crippen molar-refractivity contribution >= 4 is 28.4 Å². The highest BCUT2D eigenvalue weighted by Gasteiger charge is 2.30. The Balaban J connectivity index is 1.62. The zero-order valence-corrected chi connectivity index (χ0v) is 18.1. The average Bonchev–Trinajstić information content (AvgIpc) is 2.81. The summed E-state index contributed by atoms with van der Waals surface area (Å²) in [6, 6.07) is 11.4. The van der Waals surface area contributed by atoms with Crippen LogP contribution in [0.2, 0.25) is 0 Å². The number of rotatable bonds is 4. The summed E-state index contributed by atoms with van der Waals surface area (Å²) in [6.45, 7) is 1.81. The lowest BCUT2D eigenvalue weighted by Crippen LogP contribution is -2.27. The number of primary amides is 1. The molecule has 0 atom stereocenters. The molecule has 0 unspecified atom stereocenters. The molecule has 4 rings (SSSR count). The number of carbonyl (C=O) groups excluding carboxylic acids is 2. The van der Waals surface area contributed by atoms with Gasteiger partial charge in [0.15, 0.2) is 5.82 Å². The van der Waals surface area contributed by atoms with Gasteiger partial charge in [-0.25, -0.2) is 9.97 Å². The molecule has 2 amide bonds. The van der Waals surface area contributed by atoms with E-state index in [2.05, 4.69) is 15.0 Å². The Hall–Kier alpha value is -4.34. The van der Waals surface area contributed by atoms with Crippen LogP contribution >= 0.6 is 0 Å². The van der Waals surface area contributed by atoms with E-state index in [-0.39, 0.29) is 22.6 Å². The Morgan fingerprint density at radius 3 is 2.44 bits per heavy atom. The molecule has 2 N–H and O–H groups in total. The largest absolute Gasteiger partial charge is 0.416 e. The lowest BCUT2D eigenvalue weighted by atomic mass is 10.1. The molecular formula is C24H18F3N5O2. The molecule has 0 radical (unpaired) electrons. The van der Waals surface area contributed by atoms with E-state index in [0.717, 1.165) is 17.7 Å². The first-order valence-corrected chi connectivity index (χ1v) is 10.0. The zero-order chi connectivity index (χ0) is 24.6. The highest BCUT2D eigenvalue weighted by atomic mass is 19.4. The number of hydrogen-bond donors (Lipinski definition) is 1. The molecule has 0 saturated heterocycles. The minimum absolute atomic E-state index is 0.0119. The van der Waals surface area contributed by atoms with Crippen LogP contribution in [0, 0.1) is 6.92 Å². The highest BCUT2D eigenvalue weighted by Crippen LogP contribution is 2.32. The number of amides is 2. The van der Waals surface area contributed by atoms with Gasteiger partial charge in [-0.2, -0.15) is 13.2 Å². The molecule has 0 saturated carbocycles. The highest BCUT2D eigenvalue weighted by molar-refractivity contribution is 6.07. The fraction of sp³-hybridized carbons (Fsp3) is 0.125. The van der Waals surface area contributed by atoms with Crippen molar-refractivity contribution < 1.29 is 22.8 Å². The molecule has 0 bridgehead atoms. The summed E-state index contributed by atoms with van der Waals surface area (Å²) in [6.07, 6.45) is -1.75. The van der Waals surface area contributed by atoms with Crippen LogP contribution in [0.5, 0.6) is 0 Å². The van der Waals surface area contributed by atoms with E-state index in [1.165, 1.54) is 35.5 Å². The normalized spacial score (nSPS) is 11.4. The maximum atomic E-state index is 12.9. The lowest BCUT2D eigenvalue weighted by Gasteiger charge is -2.20. The van der Waals surface area contributed by atoms with Crippen LogP contribution in [0.4, 0.5) is 18.9 Å². The van der Waals surface area contributed by atoms with Gasteiger partial charge in [-0.3, -0.25) is 14.6 Å². The minimum Gasteiger partial charge on any atom is -0.364 e. The number of pyridine rings is 1. The molecule has 0 aliphatic rings. The Morgan fingerprint density at radius 1 is 1.00 bits per heavy atom. The molecule has 0 aliphatic carbocycles. The molecule has 4 aromatic rings. The van der Waals surface area contributed by atoms with Crippen LogP contribution in [-0.2, 0) is 6.18 Å². The first-order valence-electron chi connectivity index (χ1n) is 10.0. The third kappa shape index (κ3) is 4.42. The van der Waals surface area contributed by atoms with Gasteiger partial charge in [0.2, 0.25) is 0 Å². The van der Waals surface area contributed by atoms with Gasteiger partial charge in [0.25, 0.3) is 11.8 Å². The van der Waals surface area contributed by atoms with Crippen molar-refractivity contribution in [1.29, 1.82) is 0 Å². The Kier molecular flexibility index (Phi) is 5.74. The predicted octanol–water partition coefficient (Wildman–Crippen LogP) is 4.39. The van der Waals surface area contributed by atoms with E-state index in [0.29, 0.717) is 22.6 Å². The van der Waals surface area contributed by atoms with E-state index in [9.17, 15) is 22.8 Å². The average molecular weight is 465 g/mol. The van der Waals surface area contributed by atoms with Crippen LogP contribution in [-0.4, -0.2) is 33.8 Å². The van der Waals surface area contributed by atoms with Crippen LogP contribution in [0.1, 0.15) is 32.0 Å².